The number of carbonyl (C=O) groups excluding carboxylic acids is 1. The summed E-state index contributed by atoms with van der Waals surface area (Å²) in [6.45, 7) is -0.837. The zero-order valence-corrected chi connectivity index (χ0v) is 7.71. The fourth-order valence-electron chi connectivity index (χ4n) is 0.778. The Balaban J connectivity index is 2.28. The predicted octanol–water partition coefficient (Wildman–Crippen LogP) is -0.484. The lowest BCUT2D eigenvalue weighted by Gasteiger charge is -2.02. The maximum absolute atomic E-state index is 11.1. The predicted molar refractivity (Wildman–Crippen MR) is 49.1 cm³/mol. The average molecular weight is 211 g/mol. The van der Waals surface area contributed by atoms with E-state index in [0.717, 1.165) is 0 Å². The number of carboxylic acid groups (broad SMARTS) is 1. The molecule has 1 rings (SSSR count). The molecule has 0 unspecified atom stereocenters. The van der Waals surface area contributed by atoms with E-state index in [4.69, 9.17) is 5.11 Å². The number of hydrogen-bond acceptors (Lipinski definition) is 5. The van der Waals surface area contributed by atoms with Crippen LogP contribution in [0.4, 0.5) is 5.82 Å². The fourth-order valence-corrected chi connectivity index (χ4v) is 0.778. The molecule has 1 heterocycles. The molecule has 15 heavy (non-hydrogen) atoms. The number of aromatic nitrogens is 2. The summed E-state index contributed by atoms with van der Waals surface area (Å²) in [4.78, 5) is 21.2. The van der Waals surface area contributed by atoms with Gasteiger partial charge in [-0.2, -0.15) is 5.10 Å². The quantitative estimate of drug-likeness (QED) is 0.681. The number of amides is 1. The number of carboxylic acids is 1. The molecule has 0 fully saturated rings. The molecule has 0 atom stereocenters. The zero-order valence-electron chi connectivity index (χ0n) is 7.71. The van der Waals surface area contributed by atoms with Crippen LogP contribution in [0, 0.1) is 0 Å². The summed E-state index contributed by atoms with van der Waals surface area (Å²) in [7, 11) is 0. The highest BCUT2D eigenvalue weighted by Crippen LogP contribution is 1.97. The van der Waals surface area contributed by atoms with Crippen molar-refractivity contribution >= 4 is 17.7 Å². The Morgan fingerprint density at radius 1 is 1.47 bits per heavy atom. The van der Waals surface area contributed by atoms with Crippen molar-refractivity contribution < 1.29 is 19.4 Å². The summed E-state index contributed by atoms with van der Waals surface area (Å²) >= 11 is 0. The Labute approximate surface area is 85.1 Å². The Kier molecular flexibility index (Phi) is 4.17. The largest absolute Gasteiger partial charge is 0.480 e. The molecule has 0 spiro atoms. The van der Waals surface area contributed by atoms with Gasteiger partial charge in [-0.1, -0.05) is 0 Å². The minimum atomic E-state index is -1.12. The molecule has 0 aromatic carbocycles. The molecular formula is C8H9N3O4. The molecular weight excluding hydrogens is 202 g/mol. The molecule has 7 heteroatoms. The first kappa shape index (κ1) is 11.1. The molecule has 1 aromatic rings. The Morgan fingerprint density at radius 2 is 2.27 bits per heavy atom. The van der Waals surface area contributed by atoms with Gasteiger partial charge in [-0.3, -0.25) is 4.79 Å². The van der Waals surface area contributed by atoms with E-state index in [1.54, 1.807) is 12.1 Å². The van der Waals surface area contributed by atoms with Gasteiger partial charge in [0.25, 0.3) is 5.91 Å². The maximum atomic E-state index is 11.1. The maximum Gasteiger partial charge on any atom is 0.329 e. The van der Waals surface area contributed by atoms with Crippen molar-refractivity contribution in [2.24, 2.45) is 0 Å². The average Bonchev–Trinajstić information content (AvgIpc) is 2.18. The third-order valence-electron chi connectivity index (χ3n) is 1.30. The van der Waals surface area contributed by atoms with Gasteiger partial charge in [0.05, 0.1) is 0 Å². The van der Waals surface area contributed by atoms with Crippen molar-refractivity contribution in [1.82, 2.24) is 10.2 Å². The van der Waals surface area contributed by atoms with Crippen molar-refractivity contribution in [3.8, 4) is 0 Å². The van der Waals surface area contributed by atoms with Crippen molar-refractivity contribution in [3.05, 3.63) is 18.3 Å². The molecule has 0 saturated heterocycles. The van der Waals surface area contributed by atoms with Crippen molar-refractivity contribution in [2.75, 3.05) is 18.5 Å². The Bertz CT molecular complexity index is 341. The Morgan fingerprint density at radius 3 is 2.87 bits per heavy atom. The van der Waals surface area contributed by atoms with E-state index in [0.29, 0.717) is 5.82 Å². The molecule has 0 bridgehead atoms. The third-order valence-corrected chi connectivity index (χ3v) is 1.30. The first-order valence-corrected chi connectivity index (χ1v) is 4.05. The van der Waals surface area contributed by atoms with E-state index in [1.165, 1.54) is 6.20 Å². The lowest BCUT2D eigenvalue weighted by molar-refractivity contribution is -0.143. The number of nitrogens with one attached hydrogen (secondary N) is 1. The van der Waals surface area contributed by atoms with Crippen molar-refractivity contribution in [2.45, 2.75) is 0 Å². The second-order valence-electron chi connectivity index (χ2n) is 2.54. The first-order valence-electron chi connectivity index (χ1n) is 4.05. The standard InChI is InChI=1S/C8H9N3O4/c12-7(4-15-5-8(13)14)10-6-2-1-3-9-11-6/h1-3H,4-5H2,(H,13,14)(H,10,11,12). The van der Waals surface area contributed by atoms with E-state index >= 15 is 0 Å². The minimum absolute atomic E-state index is 0.293. The SMILES string of the molecule is O=C(O)COCC(=O)Nc1cccnn1. The summed E-state index contributed by atoms with van der Waals surface area (Å²) in [6, 6.07) is 3.17. The van der Waals surface area contributed by atoms with Crippen LogP contribution in [-0.4, -0.2) is 40.4 Å². The van der Waals surface area contributed by atoms with Gasteiger partial charge in [0.15, 0.2) is 5.82 Å². The van der Waals surface area contributed by atoms with E-state index in [2.05, 4.69) is 20.3 Å². The first-order chi connectivity index (χ1) is 7.18. The van der Waals surface area contributed by atoms with Gasteiger partial charge >= 0.3 is 5.97 Å². The molecule has 0 saturated carbocycles. The topological polar surface area (TPSA) is 101 Å². The van der Waals surface area contributed by atoms with Gasteiger partial charge < -0.3 is 15.2 Å². The molecule has 0 aliphatic carbocycles. The van der Waals surface area contributed by atoms with Crippen LogP contribution in [0.2, 0.25) is 0 Å². The highest BCUT2D eigenvalue weighted by Gasteiger charge is 2.04. The minimum Gasteiger partial charge on any atom is -0.480 e. The van der Waals surface area contributed by atoms with Gasteiger partial charge in [0.1, 0.15) is 13.2 Å². The summed E-state index contributed by atoms with van der Waals surface area (Å²) in [5.41, 5.74) is 0. The third kappa shape index (κ3) is 4.67. The van der Waals surface area contributed by atoms with Crippen LogP contribution in [0.3, 0.4) is 0 Å². The number of anilines is 1. The van der Waals surface area contributed by atoms with Crippen LogP contribution in [0.25, 0.3) is 0 Å². The molecule has 2 N–H and O–H groups in total. The zero-order chi connectivity index (χ0) is 11.1. The molecule has 7 nitrogen and oxygen atoms in total. The van der Waals surface area contributed by atoms with Gasteiger partial charge in [-0.25, -0.2) is 4.79 Å². The molecule has 0 aliphatic heterocycles. The number of hydrogen-bond donors (Lipinski definition) is 2. The summed E-state index contributed by atoms with van der Waals surface area (Å²) < 4.78 is 4.57. The fraction of sp³-hybridized carbons (Fsp3) is 0.250. The molecule has 0 radical (unpaired) electrons. The van der Waals surface area contributed by atoms with Crippen molar-refractivity contribution in [3.63, 3.8) is 0 Å². The van der Waals surface area contributed by atoms with E-state index in [-0.39, 0.29) is 6.61 Å². The molecule has 80 valence electrons. The number of nitrogens with zero attached hydrogens (tertiary/aromatic N) is 2. The number of carbonyl (C=O) groups is 2. The number of aliphatic carboxylic acids is 1. The number of ether oxygens (including phenoxy) is 1. The highest BCUT2D eigenvalue weighted by atomic mass is 16.5. The van der Waals surface area contributed by atoms with E-state index in [9.17, 15) is 9.59 Å². The second kappa shape index (κ2) is 5.66. The van der Waals surface area contributed by atoms with Crippen LogP contribution in [-0.2, 0) is 14.3 Å². The van der Waals surface area contributed by atoms with Crippen LogP contribution in [0.1, 0.15) is 0 Å². The smallest absolute Gasteiger partial charge is 0.329 e. The van der Waals surface area contributed by atoms with Crippen LogP contribution >= 0.6 is 0 Å². The van der Waals surface area contributed by atoms with Gasteiger partial charge in [0, 0.05) is 6.20 Å². The summed E-state index contributed by atoms with van der Waals surface area (Å²) in [6.07, 6.45) is 1.47. The van der Waals surface area contributed by atoms with E-state index < -0.39 is 18.5 Å². The van der Waals surface area contributed by atoms with Gasteiger partial charge in [0.2, 0.25) is 0 Å². The lowest BCUT2D eigenvalue weighted by Crippen LogP contribution is -2.21. The van der Waals surface area contributed by atoms with Gasteiger partial charge in [-0.15, -0.1) is 5.10 Å². The molecule has 1 amide bonds. The summed E-state index contributed by atoms with van der Waals surface area (Å²) in [5.74, 6) is -1.31. The van der Waals surface area contributed by atoms with Crippen molar-refractivity contribution in [1.29, 1.82) is 0 Å². The van der Waals surface area contributed by atoms with Gasteiger partial charge in [-0.05, 0) is 12.1 Å². The van der Waals surface area contributed by atoms with Crippen LogP contribution in [0.5, 0.6) is 0 Å². The second-order valence-corrected chi connectivity index (χ2v) is 2.54. The lowest BCUT2D eigenvalue weighted by atomic mass is 10.5. The molecule has 0 aliphatic rings. The highest BCUT2D eigenvalue weighted by molar-refractivity contribution is 5.90. The normalized spacial score (nSPS) is 9.60. The summed E-state index contributed by atoms with van der Waals surface area (Å²) in [5, 5.41) is 17.8. The van der Waals surface area contributed by atoms with Crippen LogP contribution < -0.4 is 5.32 Å². The van der Waals surface area contributed by atoms with Crippen LogP contribution in [0.15, 0.2) is 18.3 Å². The monoisotopic (exact) mass is 211 g/mol. The van der Waals surface area contributed by atoms with E-state index in [1.807, 2.05) is 0 Å². The molecule has 1 aromatic heterocycles. The number of rotatable bonds is 5. The Hall–Kier alpha value is -2.02.